The average Bonchev–Trinajstić information content (AvgIpc) is 2.48. The number of aromatic nitrogens is 3. The second-order valence-corrected chi connectivity index (χ2v) is 4.36. The van der Waals surface area contributed by atoms with Gasteiger partial charge in [0.15, 0.2) is 0 Å². The predicted octanol–water partition coefficient (Wildman–Crippen LogP) is 0.525. The molecule has 0 spiro atoms. The lowest BCUT2D eigenvalue weighted by atomic mass is 9.95. The Balaban J connectivity index is 1.70. The smallest absolute Gasteiger partial charge is 0.249 e. The lowest BCUT2D eigenvalue weighted by Crippen LogP contribution is -2.44. The van der Waals surface area contributed by atoms with E-state index >= 15 is 0 Å². The molecule has 0 saturated heterocycles. The third-order valence-electron chi connectivity index (χ3n) is 3.12. The van der Waals surface area contributed by atoms with Gasteiger partial charge in [-0.25, -0.2) is 4.98 Å². The Morgan fingerprint density at radius 3 is 2.89 bits per heavy atom. The summed E-state index contributed by atoms with van der Waals surface area (Å²) in [5, 5.41) is 13.3. The molecule has 96 valence electrons. The molecule has 1 aliphatic heterocycles. The highest BCUT2D eigenvalue weighted by Gasteiger charge is 2.24. The predicted molar refractivity (Wildman–Crippen MR) is 69.2 cm³/mol. The number of nitrogens with one attached hydrogen (secondary N) is 2. The highest BCUT2D eigenvalue weighted by atomic mass is 16.2. The van der Waals surface area contributed by atoms with Gasteiger partial charge in [0.1, 0.15) is 0 Å². The third kappa shape index (κ3) is 2.58. The zero-order chi connectivity index (χ0) is 13.1. The summed E-state index contributed by atoms with van der Waals surface area (Å²) in [7, 11) is 0. The second-order valence-electron chi connectivity index (χ2n) is 4.36. The van der Waals surface area contributed by atoms with Crippen LogP contribution in [0.2, 0.25) is 0 Å². The molecule has 0 radical (unpaired) electrons. The number of nitrogens with zero attached hydrogens (tertiary/aromatic N) is 3. The lowest BCUT2D eigenvalue weighted by molar-refractivity contribution is -0.118. The summed E-state index contributed by atoms with van der Waals surface area (Å²) < 4.78 is 0. The largest absolute Gasteiger partial charge is 0.301 e. The molecular weight excluding hydrogens is 242 g/mol. The average molecular weight is 255 g/mol. The summed E-state index contributed by atoms with van der Waals surface area (Å²) in [6.45, 7) is 0.697. The van der Waals surface area contributed by atoms with Gasteiger partial charge in [0.25, 0.3) is 0 Å². The first-order valence-corrected chi connectivity index (χ1v) is 6.07. The quantitative estimate of drug-likeness (QED) is 0.818. The van der Waals surface area contributed by atoms with Crippen LogP contribution in [0.1, 0.15) is 11.1 Å². The number of hydrogen-bond donors (Lipinski definition) is 2. The number of rotatable bonds is 2. The molecule has 6 heteroatoms. The minimum absolute atomic E-state index is 0.137. The maximum atomic E-state index is 12.1. The maximum absolute atomic E-state index is 12.1. The van der Waals surface area contributed by atoms with Crippen LogP contribution in [0.25, 0.3) is 0 Å². The lowest BCUT2D eigenvalue weighted by Gasteiger charge is -2.24. The van der Waals surface area contributed by atoms with Gasteiger partial charge >= 0.3 is 0 Å². The Morgan fingerprint density at radius 1 is 1.26 bits per heavy atom. The molecule has 0 fully saturated rings. The van der Waals surface area contributed by atoms with E-state index in [1.165, 1.54) is 23.5 Å². The highest BCUT2D eigenvalue weighted by molar-refractivity contribution is 5.93. The van der Waals surface area contributed by atoms with Crippen LogP contribution in [-0.2, 0) is 17.8 Å². The van der Waals surface area contributed by atoms with E-state index in [4.69, 9.17) is 0 Å². The number of carbonyl (C=O) groups excluding carboxylic acids is 1. The van der Waals surface area contributed by atoms with Crippen LogP contribution in [0.3, 0.4) is 0 Å². The molecule has 1 atom stereocenters. The van der Waals surface area contributed by atoms with Crippen LogP contribution in [-0.4, -0.2) is 27.1 Å². The zero-order valence-electron chi connectivity index (χ0n) is 10.2. The molecular formula is C13H13N5O. The molecule has 2 heterocycles. The van der Waals surface area contributed by atoms with E-state index in [1.54, 1.807) is 0 Å². The molecule has 6 nitrogen and oxygen atoms in total. The van der Waals surface area contributed by atoms with Crippen molar-refractivity contribution in [3.8, 4) is 0 Å². The summed E-state index contributed by atoms with van der Waals surface area (Å²) in [6.07, 6.45) is 3.62. The van der Waals surface area contributed by atoms with Crippen LogP contribution in [0.15, 0.2) is 36.7 Å². The number of amides is 1. The number of benzene rings is 1. The van der Waals surface area contributed by atoms with Crippen molar-refractivity contribution in [1.82, 2.24) is 20.5 Å². The van der Waals surface area contributed by atoms with Gasteiger partial charge in [0.05, 0.1) is 18.4 Å². The molecule has 2 aromatic rings. The molecule has 3 rings (SSSR count). The minimum atomic E-state index is -0.265. The van der Waals surface area contributed by atoms with Crippen molar-refractivity contribution in [2.24, 2.45) is 0 Å². The van der Waals surface area contributed by atoms with Crippen molar-refractivity contribution < 1.29 is 4.79 Å². The molecule has 1 aromatic heterocycles. The van der Waals surface area contributed by atoms with Crippen molar-refractivity contribution in [2.75, 3.05) is 5.32 Å². The molecule has 0 aliphatic carbocycles. The first kappa shape index (κ1) is 11.7. The van der Waals surface area contributed by atoms with Crippen LogP contribution in [0.5, 0.6) is 0 Å². The molecule has 1 unspecified atom stereocenters. The van der Waals surface area contributed by atoms with Gasteiger partial charge in [0.2, 0.25) is 11.9 Å². The number of hydrogen-bond acceptors (Lipinski definition) is 5. The second kappa shape index (κ2) is 5.11. The van der Waals surface area contributed by atoms with Crippen molar-refractivity contribution in [1.29, 1.82) is 0 Å². The van der Waals surface area contributed by atoms with Crippen LogP contribution < -0.4 is 10.6 Å². The van der Waals surface area contributed by atoms with Crippen molar-refractivity contribution in [3.63, 3.8) is 0 Å². The standard InChI is InChI=1S/C13H13N5O/c19-12(17-13-14-5-6-16-18-13)11-7-9-3-1-2-4-10(9)8-15-11/h1-6,11,15H,7-8H2,(H,14,17,18,19). The molecule has 1 aromatic carbocycles. The molecule has 1 aliphatic rings. The molecule has 2 N–H and O–H groups in total. The van der Waals surface area contributed by atoms with Gasteiger partial charge in [-0.05, 0) is 17.5 Å². The van der Waals surface area contributed by atoms with Gasteiger partial charge in [-0.2, -0.15) is 5.10 Å². The Bertz CT molecular complexity index is 587. The fourth-order valence-electron chi connectivity index (χ4n) is 2.14. The summed E-state index contributed by atoms with van der Waals surface area (Å²) in [5.41, 5.74) is 2.44. The highest BCUT2D eigenvalue weighted by Crippen LogP contribution is 2.16. The summed E-state index contributed by atoms with van der Waals surface area (Å²) in [4.78, 5) is 16.0. The molecule has 19 heavy (non-hydrogen) atoms. The Kier molecular flexibility index (Phi) is 3.16. The van der Waals surface area contributed by atoms with E-state index < -0.39 is 0 Å². The number of fused-ring (bicyclic) bond motifs is 1. The van der Waals surface area contributed by atoms with Gasteiger partial charge < -0.3 is 5.32 Å². The monoisotopic (exact) mass is 255 g/mol. The van der Waals surface area contributed by atoms with Gasteiger partial charge in [0, 0.05) is 6.54 Å². The van der Waals surface area contributed by atoms with Crippen molar-refractivity contribution in [2.45, 2.75) is 19.0 Å². The maximum Gasteiger partial charge on any atom is 0.249 e. The van der Waals surface area contributed by atoms with Crippen LogP contribution >= 0.6 is 0 Å². The Morgan fingerprint density at radius 2 is 2.11 bits per heavy atom. The van der Waals surface area contributed by atoms with E-state index in [9.17, 15) is 4.79 Å². The van der Waals surface area contributed by atoms with Gasteiger partial charge in [-0.15, -0.1) is 5.10 Å². The SMILES string of the molecule is O=C(Nc1nccnn1)C1Cc2ccccc2CN1. The van der Waals surface area contributed by atoms with E-state index in [2.05, 4.69) is 37.9 Å². The van der Waals surface area contributed by atoms with Gasteiger partial charge in [-0.1, -0.05) is 24.3 Å². The first-order chi connectivity index (χ1) is 9.33. The molecule has 1 amide bonds. The van der Waals surface area contributed by atoms with E-state index in [-0.39, 0.29) is 17.9 Å². The fraction of sp³-hybridized carbons (Fsp3) is 0.231. The third-order valence-corrected chi connectivity index (χ3v) is 3.12. The summed E-state index contributed by atoms with van der Waals surface area (Å²) in [5.74, 6) is 0.0932. The Labute approximate surface area is 110 Å². The summed E-state index contributed by atoms with van der Waals surface area (Å²) in [6, 6.07) is 7.85. The van der Waals surface area contributed by atoms with Crippen LogP contribution in [0.4, 0.5) is 5.95 Å². The van der Waals surface area contributed by atoms with Crippen molar-refractivity contribution >= 4 is 11.9 Å². The minimum Gasteiger partial charge on any atom is -0.301 e. The van der Waals surface area contributed by atoms with E-state index in [0.717, 1.165) is 0 Å². The van der Waals surface area contributed by atoms with E-state index in [0.29, 0.717) is 13.0 Å². The molecule has 0 bridgehead atoms. The number of anilines is 1. The topological polar surface area (TPSA) is 79.8 Å². The van der Waals surface area contributed by atoms with Crippen molar-refractivity contribution in [3.05, 3.63) is 47.8 Å². The molecule has 0 saturated carbocycles. The zero-order valence-corrected chi connectivity index (χ0v) is 10.2. The summed E-state index contributed by atoms with van der Waals surface area (Å²) >= 11 is 0. The van der Waals surface area contributed by atoms with E-state index in [1.807, 2.05) is 12.1 Å². The Hall–Kier alpha value is -2.34. The first-order valence-electron chi connectivity index (χ1n) is 6.07. The number of carbonyl (C=O) groups is 1. The van der Waals surface area contributed by atoms with Crippen LogP contribution in [0, 0.1) is 0 Å². The normalized spacial score (nSPS) is 17.6. The fourth-order valence-corrected chi connectivity index (χ4v) is 2.14. The van der Waals surface area contributed by atoms with Gasteiger partial charge in [-0.3, -0.25) is 10.1 Å².